The van der Waals surface area contributed by atoms with Crippen LogP contribution in [0.4, 0.5) is 10.5 Å². The number of carbonyl (C=O) groups excluding carboxylic acids is 1. The standard InChI is InChI=1S/C11H9BrN2O2/c12-8-1-3-9(4-2-8)14-6-5-10(7-13)16-11(14)15/h1-4,10H,5-6H2. The Bertz CT molecular complexity index is 438. The Kier molecular flexibility index (Phi) is 3.11. The van der Waals surface area contributed by atoms with E-state index in [0.717, 1.165) is 10.2 Å². The molecule has 0 radical (unpaired) electrons. The highest BCUT2D eigenvalue weighted by Gasteiger charge is 2.27. The van der Waals surface area contributed by atoms with Gasteiger partial charge in [0.1, 0.15) is 6.07 Å². The minimum Gasteiger partial charge on any atom is -0.430 e. The van der Waals surface area contributed by atoms with Gasteiger partial charge >= 0.3 is 6.09 Å². The number of hydrogen-bond acceptors (Lipinski definition) is 3. The molecule has 0 aliphatic carbocycles. The number of nitriles is 1. The molecule has 1 aromatic carbocycles. The van der Waals surface area contributed by atoms with Crippen molar-refractivity contribution < 1.29 is 9.53 Å². The van der Waals surface area contributed by atoms with Crippen molar-refractivity contribution in [3.05, 3.63) is 28.7 Å². The van der Waals surface area contributed by atoms with Crippen LogP contribution < -0.4 is 4.90 Å². The van der Waals surface area contributed by atoms with Gasteiger partial charge in [-0.1, -0.05) is 15.9 Å². The van der Waals surface area contributed by atoms with Crippen molar-refractivity contribution in [1.82, 2.24) is 0 Å². The number of anilines is 1. The molecular weight excluding hydrogens is 272 g/mol. The van der Waals surface area contributed by atoms with Gasteiger partial charge in [0.25, 0.3) is 0 Å². The maximum Gasteiger partial charge on any atom is 0.415 e. The molecule has 0 bridgehead atoms. The second-order valence-electron chi connectivity index (χ2n) is 3.42. The quantitative estimate of drug-likeness (QED) is 0.795. The molecule has 0 N–H and O–H groups in total. The number of rotatable bonds is 1. The summed E-state index contributed by atoms with van der Waals surface area (Å²) in [4.78, 5) is 13.1. The highest BCUT2D eigenvalue weighted by atomic mass is 79.9. The van der Waals surface area contributed by atoms with E-state index < -0.39 is 12.2 Å². The van der Waals surface area contributed by atoms with Gasteiger partial charge in [-0.2, -0.15) is 5.26 Å². The van der Waals surface area contributed by atoms with Crippen molar-refractivity contribution in [3.8, 4) is 6.07 Å². The lowest BCUT2D eigenvalue weighted by Crippen LogP contribution is -2.41. The molecule has 0 saturated carbocycles. The average molecular weight is 281 g/mol. The summed E-state index contributed by atoms with van der Waals surface area (Å²) in [5.41, 5.74) is 0.782. The summed E-state index contributed by atoms with van der Waals surface area (Å²) in [7, 11) is 0. The molecule has 1 amide bonds. The Balaban J connectivity index is 2.15. The van der Waals surface area contributed by atoms with Gasteiger partial charge in [-0.15, -0.1) is 0 Å². The lowest BCUT2D eigenvalue weighted by molar-refractivity contribution is 0.111. The minimum atomic E-state index is -0.612. The van der Waals surface area contributed by atoms with Crippen LogP contribution in [0.1, 0.15) is 6.42 Å². The first-order valence-corrected chi connectivity index (χ1v) is 5.63. The molecule has 82 valence electrons. The van der Waals surface area contributed by atoms with E-state index in [1.54, 1.807) is 0 Å². The molecule has 16 heavy (non-hydrogen) atoms. The molecule has 5 heteroatoms. The monoisotopic (exact) mass is 280 g/mol. The Labute approximate surface area is 102 Å². The molecule has 0 aromatic heterocycles. The van der Waals surface area contributed by atoms with Crippen LogP contribution in [0.15, 0.2) is 28.7 Å². The molecule has 1 saturated heterocycles. The van der Waals surface area contributed by atoms with E-state index in [1.807, 2.05) is 30.3 Å². The van der Waals surface area contributed by atoms with E-state index >= 15 is 0 Å². The van der Waals surface area contributed by atoms with Crippen molar-refractivity contribution in [2.24, 2.45) is 0 Å². The summed E-state index contributed by atoms with van der Waals surface area (Å²) in [6.07, 6.45) is -0.530. The van der Waals surface area contributed by atoms with Gasteiger partial charge in [0, 0.05) is 23.1 Å². The third-order valence-corrected chi connectivity index (χ3v) is 2.89. The normalized spacial score (nSPS) is 20.1. The van der Waals surface area contributed by atoms with Gasteiger partial charge in [0.05, 0.1) is 0 Å². The Morgan fingerprint density at radius 3 is 2.69 bits per heavy atom. The Hall–Kier alpha value is -1.54. The van der Waals surface area contributed by atoms with Gasteiger partial charge in [-0.3, -0.25) is 4.90 Å². The summed E-state index contributed by atoms with van der Waals surface area (Å²) >= 11 is 3.33. The van der Waals surface area contributed by atoms with Crippen molar-refractivity contribution in [1.29, 1.82) is 5.26 Å². The third-order valence-electron chi connectivity index (χ3n) is 2.36. The fourth-order valence-electron chi connectivity index (χ4n) is 1.53. The van der Waals surface area contributed by atoms with Crippen LogP contribution in [0.3, 0.4) is 0 Å². The zero-order valence-electron chi connectivity index (χ0n) is 8.39. The number of hydrogen-bond donors (Lipinski definition) is 0. The summed E-state index contributed by atoms with van der Waals surface area (Å²) in [5.74, 6) is 0. The van der Waals surface area contributed by atoms with Gasteiger partial charge in [0.15, 0.2) is 6.10 Å². The van der Waals surface area contributed by atoms with Crippen LogP contribution in [0.25, 0.3) is 0 Å². The maximum absolute atomic E-state index is 11.6. The molecule has 2 rings (SSSR count). The molecule has 0 spiro atoms. The van der Waals surface area contributed by atoms with Gasteiger partial charge < -0.3 is 4.74 Å². The third kappa shape index (κ3) is 2.17. The fourth-order valence-corrected chi connectivity index (χ4v) is 1.79. The van der Waals surface area contributed by atoms with E-state index in [2.05, 4.69) is 15.9 Å². The molecule has 1 unspecified atom stereocenters. The SMILES string of the molecule is N#CC1CCN(c2ccc(Br)cc2)C(=O)O1. The lowest BCUT2D eigenvalue weighted by atomic mass is 10.2. The lowest BCUT2D eigenvalue weighted by Gasteiger charge is -2.28. The Morgan fingerprint density at radius 1 is 1.44 bits per heavy atom. The number of benzene rings is 1. The molecule has 1 heterocycles. The average Bonchev–Trinajstić information content (AvgIpc) is 2.30. The van der Waals surface area contributed by atoms with Crippen molar-refractivity contribution in [3.63, 3.8) is 0 Å². The van der Waals surface area contributed by atoms with Crippen LogP contribution in [0, 0.1) is 11.3 Å². The number of nitrogens with zero attached hydrogens (tertiary/aromatic N) is 2. The Morgan fingerprint density at radius 2 is 2.12 bits per heavy atom. The topological polar surface area (TPSA) is 53.3 Å². The minimum absolute atomic E-state index is 0.458. The molecule has 1 aliphatic rings. The zero-order chi connectivity index (χ0) is 11.5. The van der Waals surface area contributed by atoms with Crippen LogP contribution in [0.2, 0.25) is 0 Å². The molecular formula is C11H9BrN2O2. The van der Waals surface area contributed by atoms with Crippen molar-refractivity contribution in [2.75, 3.05) is 11.4 Å². The summed E-state index contributed by atoms with van der Waals surface area (Å²) in [5, 5.41) is 8.65. The van der Waals surface area contributed by atoms with Gasteiger partial charge in [-0.05, 0) is 24.3 Å². The summed E-state index contributed by atoms with van der Waals surface area (Å²) in [6.45, 7) is 0.513. The van der Waals surface area contributed by atoms with Crippen LogP contribution in [0.5, 0.6) is 0 Å². The van der Waals surface area contributed by atoms with E-state index in [0.29, 0.717) is 13.0 Å². The van der Waals surface area contributed by atoms with Gasteiger partial charge in [-0.25, -0.2) is 4.79 Å². The molecule has 1 atom stereocenters. The first kappa shape index (κ1) is 11.0. The van der Waals surface area contributed by atoms with Crippen LogP contribution in [-0.4, -0.2) is 18.7 Å². The number of carbonyl (C=O) groups is 1. The van der Waals surface area contributed by atoms with E-state index in [4.69, 9.17) is 10.00 Å². The molecule has 1 fully saturated rings. The highest BCUT2D eigenvalue weighted by molar-refractivity contribution is 9.10. The molecule has 1 aromatic rings. The van der Waals surface area contributed by atoms with Crippen molar-refractivity contribution >= 4 is 27.7 Å². The maximum atomic E-state index is 11.6. The second kappa shape index (κ2) is 4.54. The first-order chi connectivity index (χ1) is 7.70. The zero-order valence-corrected chi connectivity index (χ0v) is 9.98. The van der Waals surface area contributed by atoms with E-state index in [1.165, 1.54) is 4.90 Å². The summed E-state index contributed by atoms with van der Waals surface area (Å²) < 4.78 is 5.90. The predicted octanol–water partition coefficient (Wildman–Crippen LogP) is 2.69. The van der Waals surface area contributed by atoms with E-state index in [9.17, 15) is 4.79 Å². The highest BCUT2D eigenvalue weighted by Crippen LogP contribution is 2.22. The van der Waals surface area contributed by atoms with E-state index in [-0.39, 0.29) is 0 Å². The van der Waals surface area contributed by atoms with Gasteiger partial charge in [0.2, 0.25) is 0 Å². The summed E-state index contributed by atoms with van der Waals surface area (Å²) in [6, 6.07) is 9.32. The predicted molar refractivity (Wildman–Crippen MR) is 62.0 cm³/mol. The first-order valence-electron chi connectivity index (χ1n) is 4.84. The number of amides is 1. The number of halogens is 1. The largest absolute Gasteiger partial charge is 0.430 e. The second-order valence-corrected chi connectivity index (χ2v) is 4.33. The number of ether oxygens (including phenoxy) is 1. The van der Waals surface area contributed by atoms with Crippen LogP contribution >= 0.6 is 15.9 Å². The smallest absolute Gasteiger partial charge is 0.415 e. The molecule has 1 aliphatic heterocycles. The molecule has 4 nitrogen and oxygen atoms in total. The van der Waals surface area contributed by atoms with Crippen LogP contribution in [-0.2, 0) is 4.74 Å². The number of cyclic esters (lactones) is 1. The fraction of sp³-hybridized carbons (Fsp3) is 0.273. The van der Waals surface area contributed by atoms with Crippen molar-refractivity contribution in [2.45, 2.75) is 12.5 Å².